The molecule has 0 amide bonds. The average Bonchev–Trinajstić information content (AvgIpc) is 2.89. The number of carboxylic acids is 1. The quantitative estimate of drug-likeness (QED) is 0.631. The normalized spacial score (nSPS) is 18.2. The third kappa shape index (κ3) is 3.16. The maximum absolute atomic E-state index is 11.0. The highest BCUT2D eigenvalue weighted by molar-refractivity contribution is 5.91. The van der Waals surface area contributed by atoms with E-state index in [0.717, 1.165) is 25.1 Å². The van der Waals surface area contributed by atoms with Gasteiger partial charge in [0.15, 0.2) is 11.9 Å². The number of nitrogens with zero attached hydrogens (tertiary/aromatic N) is 2. The van der Waals surface area contributed by atoms with E-state index in [9.17, 15) is 14.9 Å². The van der Waals surface area contributed by atoms with Crippen molar-refractivity contribution in [1.29, 1.82) is 0 Å². The van der Waals surface area contributed by atoms with Crippen LogP contribution in [-0.2, 0) is 4.74 Å². The summed E-state index contributed by atoms with van der Waals surface area (Å²) in [6.45, 7) is 0.873. The van der Waals surface area contributed by atoms with Crippen LogP contribution in [0.1, 0.15) is 23.2 Å². The van der Waals surface area contributed by atoms with Gasteiger partial charge in [-0.15, -0.1) is 0 Å². The van der Waals surface area contributed by atoms with Crippen LogP contribution >= 0.6 is 0 Å². The highest BCUT2D eigenvalue weighted by Crippen LogP contribution is 2.23. The standard InChI is InChI=1S/C11H12N2O6/c14-11(15)8-4-10(13(16)17)12-5-9(8)19-6-7-2-1-3-18-7/h4-5,7H,1-3,6H2,(H,14,15). The first-order valence-corrected chi connectivity index (χ1v) is 5.70. The van der Waals surface area contributed by atoms with Gasteiger partial charge in [-0.05, 0) is 22.7 Å². The zero-order chi connectivity index (χ0) is 13.8. The summed E-state index contributed by atoms with van der Waals surface area (Å²) < 4.78 is 10.7. The van der Waals surface area contributed by atoms with E-state index < -0.39 is 16.7 Å². The smallest absolute Gasteiger partial charge is 0.364 e. The summed E-state index contributed by atoms with van der Waals surface area (Å²) in [5.41, 5.74) is -0.278. The second-order valence-electron chi connectivity index (χ2n) is 4.05. The van der Waals surface area contributed by atoms with Gasteiger partial charge in [-0.2, -0.15) is 0 Å². The molecule has 102 valence electrons. The van der Waals surface area contributed by atoms with Crippen molar-refractivity contribution < 1.29 is 24.3 Å². The van der Waals surface area contributed by atoms with Gasteiger partial charge in [-0.1, -0.05) is 0 Å². The van der Waals surface area contributed by atoms with Crippen LogP contribution in [-0.4, -0.2) is 40.3 Å². The Morgan fingerprint density at radius 2 is 2.47 bits per heavy atom. The number of hydrogen-bond donors (Lipinski definition) is 1. The van der Waals surface area contributed by atoms with Crippen LogP contribution < -0.4 is 4.74 Å². The van der Waals surface area contributed by atoms with Gasteiger partial charge in [0.2, 0.25) is 0 Å². The van der Waals surface area contributed by atoms with Crippen LogP contribution in [0.4, 0.5) is 5.82 Å². The Morgan fingerprint density at radius 1 is 1.68 bits per heavy atom. The van der Waals surface area contributed by atoms with Crippen molar-refractivity contribution >= 4 is 11.8 Å². The third-order valence-electron chi connectivity index (χ3n) is 2.72. The number of hydrogen-bond acceptors (Lipinski definition) is 6. The number of aromatic carboxylic acids is 1. The molecule has 19 heavy (non-hydrogen) atoms. The van der Waals surface area contributed by atoms with E-state index in [4.69, 9.17) is 14.6 Å². The number of rotatable bonds is 5. The van der Waals surface area contributed by atoms with Crippen molar-refractivity contribution in [2.75, 3.05) is 13.2 Å². The molecule has 0 bridgehead atoms. The predicted molar refractivity (Wildman–Crippen MR) is 62.3 cm³/mol. The van der Waals surface area contributed by atoms with Crippen LogP contribution in [0, 0.1) is 10.1 Å². The minimum Gasteiger partial charge on any atom is -0.486 e. The summed E-state index contributed by atoms with van der Waals surface area (Å²) >= 11 is 0. The maximum Gasteiger partial charge on any atom is 0.364 e. The van der Waals surface area contributed by atoms with Crippen molar-refractivity contribution in [3.05, 3.63) is 27.9 Å². The number of ether oxygens (including phenoxy) is 2. The SMILES string of the molecule is O=C(O)c1cc([N+](=O)[O-])ncc1OCC1CCCO1. The fourth-order valence-electron chi connectivity index (χ4n) is 1.77. The van der Waals surface area contributed by atoms with Crippen molar-refractivity contribution in [2.24, 2.45) is 0 Å². The Morgan fingerprint density at radius 3 is 3.05 bits per heavy atom. The molecule has 2 heterocycles. The monoisotopic (exact) mass is 268 g/mol. The fourth-order valence-corrected chi connectivity index (χ4v) is 1.77. The summed E-state index contributed by atoms with van der Waals surface area (Å²) in [5, 5.41) is 19.5. The second kappa shape index (κ2) is 5.61. The lowest BCUT2D eigenvalue weighted by Gasteiger charge is -2.11. The molecule has 1 saturated heterocycles. The van der Waals surface area contributed by atoms with Crippen molar-refractivity contribution in [2.45, 2.75) is 18.9 Å². The number of pyridine rings is 1. The van der Waals surface area contributed by atoms with E-state index >= 15 is 0 Å². The Bertz CT molecular complexity index is 498. The van der Waals surface area contributed by atoms with Crippen molar-refractivity contribution in [3.63, 3.8) is 0 Å². The van der Waals surface area contributed by atoms with E-state index in [1.165, 1.54) is 0 Å². The first kappa shape index (κ1) is 13.2. The molecule has 2 rings (SSSR count). The number of carboxylic acid groups (broad SMARTS) is 1. The third-order valence-corrected chi connectivity index (χ3v) is 2.72. The lowest BCUT2D eigenvalue weighted by atomic mass is 10.2. The molecule has 0 aliphatic carbocycles. The number of aromatic nitrogens is 1. The Kier molecular flexibility index (Phi) is 3.91. The fraction of sp³-hybridized carbons (Fsp3) is 0.455. The van der Waals surface area contributed by atoms with Gasteiger partial charge < -0.3 is 24.7 Å². The maximum atomic E-state index is 11.0. The first-order chi connectivity index (χ1) is 9.08. The second-order valence-corrected chi connectivity index (χ2v) is 4.05. The predicted octanol–water partition coefficient (Wildman–Crippen LogP) is 1.25. The van der Waals surface area contributed by atoms with E-state index in [0.29, 0.717) is 6.61 Å². The molecule has 1 aliphatic rings. The Labute approximate surface area is 108 Å². The summed E-state index contributed by atoms with van der Waals surface area (Å²) in [7, 11) is 0. The molecule has 0 radical (unpaired) electrons. The molecule has 0 aromatic carbocycles. The molecule has 0 spiro atoms. The van der Waals surface area contributed by atoms with E-state index in [1.807, 2.05) is 0 Å². The van der Waals surface area contributed by atoms with Gasteiger partial charge in [0.05, 0.1) is 12.2 Å². The Balaban J connectivity index is 2.14. The van der Waals surface area contributed by atoms with Crippen molar-refractivity contribution in [1.82, 2.24) is 4.98 Å². The van der Waals surface area contributed by atoms with Gasteiger partial charge >= 0.3 is 11.8 Å². The molecular weight excluding hydrogens is 256 g/mol. The zero-order valence-corrected chi connectivity index (χ0v) is 9.94. The molecule has 1 fully saturated rings. The van der Waals surface area contributed by atoms with Gasteiger partial charge in [-0.25, -0.2) is 4.79 Å². The van der Waals surface area contributed by atoms with Gasteiger partial charge in [-0.3, -0.25) is 0 Å². The summed E-state index contributed by atoms with van der Waals surface area (Å²) in [4.78, 5) is 24.4. The minimum atomic E-state index is -1.30. The van der Waals surface area contributed by atoms with Gasteiger partial charge in [0.25, 0.3) is 0 Å². The van der Waals surface area contributed by atoms with Crippen LogP contribution in [0.5, 0.6) is 5.75 Å². The molecule has 1 atom stereocenters. The number of carbonyl (C=O) groups is 1. The largest absolute Gasteiger partial charge is 0.486 e. The minimum absolute atomic E-state index is 0.00796. The van der Waals surface area contributed by atoms with E-state index in [-0.39, 0.29) is 24.0 Å². The van der Waals surface area contributed by atoms with Crippen LogP contribution in [0.2, 0.25) is 0 Å². The molecule has 0 saturated carbocycles. The molecule has 1 N–H and O–H groups in total. The average molecular weight is 268 g/mol. The summed E-state index contributed by atoms with van der Waals surface area (Å²) in [6.07, 6.45) is 2.77. The van der Waals surface area contributed by atoms with Crippen LogP contribution in [0.15, 0.2) is 12.3 Å². The molecule has 8 heteroatoms. The molecule has 1 aromatic rings. The Hall–Kier alpha value is -2.22. The molecule has 8 nitrogen and oxygen atoms in total. The molecule has 1 aromatic heterocycles. The summed E-state index contributed by atoms with van der Waals surface area (Å²) in [5.74, 6) is -1.82. The molecule has 1 unspecified atom stereocenters. The number of nitro groups is 1. The van der Waals surface area contributed by atoms with Gasteiger partial charge in [0, 0.05) is 6.61 Å². The zero-order valence-electron chi connectivity index (χ0n) is 9.94. The summed E-state index contributed by atoms with van der Waals surface area (Å²) in [6, 6.07) is 0.882. The van der Waals surface area contributed by atoms with E-state index in [2.05, 4.69) is 4.98 Å². The lowest BCUT2D eigenvalue weighted by Crippen LogP contribution is -2.17. The highest BCUT2D eigenvalue weighted by Gasteiger charge is 2.22. The molecular formula is C11H12N2O6. The first-order valence-electron chi connectivity index (χ1n) is 5.70. The molecule has 1 aliphatic heterocycles. The van der Waals surface area contributed by atoms with Crippen molar-refractivity contribution in [3.8, 4) is 5.75 Å². The highest BCUT2D eigenvalue weighted by atomic mass is 16.6. The van der Waals surface area contributed by atoms with E-state index in [1.54, 1.807) is 0 Å². The van der Waals surface area contributed by atoms with Gasteiger partial charge in [0.1, 0.15) is 12.2 Å². The van der Waals surface area contributed by atoms with Crippen LogP contribution in [0.3, 0.4) is 0 Å². The van der Waals surface area contributed by atoms with Crippen LogP contribution in [0.25, 0.3) is 0 Å². The topological polar surface area (TPSA) is 112 Å². The lowest BCUT2D eigenvalue weighted by molar-refractivity contribution is -0.389.